The molecule has 32 heavy (non-hydrogen) atoms. The summed E-state index contributed by atoms with van der Waals surface area (Å²) in [6.07, 6.45) is 1.34. The molecule has 0 bridgehead atoms. The standard InChI is InChI=1S/C24H25N3O5/c1-2-32-16-6-3-5-15(13-16)9-11-21(28)25-19-8-4-7-17-18(19)14-27(24(17)31)20-10-12-22(29)26-23(20)30/h3-8,13,20H,2,9-12,14H2,1H3,(H,25,28)(H,26,29,30). The Balaban J connectivity index is 1.42. The molecule has 8 nitrogen and oxygen atoms in total. The highest BCUT2D eigenvalue weighted by molar-refractivity contribution is 6.06. The first kappa shape index (κ1) is 21.5. The fraction of sp³-hybridized carbons (Fsp3) is 0.333. The third kappa shape index (κ3) is 4.49. The summed E-state index contributed by atoms with van der Waals surface area (Å²) >= 11 is 0. The van der Waals surface area contributed by atoms with Crippen LogP contribution in [0, 0.1) is 0 Å². The second kappa shape index (κ2) is 9.21. The summed E-state index contributed by atoms with van der Waals surface area (Å²) in [7, 11) is 0. The molecule has 1 saturated heterocycles. The maximum Gasteiger partial charge on any atom is 0.255 e. The number of piperidine rings is 1. The van der Waals surface area contributed by atoms with Gasteiger partial charge >= 0.3 is 0 Å². The number of rotatable bonds is 7. The quantitative estimate of drug-likeness (QED) is 0.650. The fourth-order valence-electron chi connectivity index (χ4n) is 4.13. The molecule has 8 heteroatoms. The Kier molecular flexibility index (Phi) is 6.20. The maximum atomic E-state index is 12.9. The molecule has 2 aromatic carbocycles. The lowest BCUT2D eigenvalue weighted by atomic mass is 10.0. The Morgan fingerprint density at radius 1 is 1.19 bits per heavy atom. The van der Waals surface area contributed by atoms with Crippen LogP contribution in [0.15, 0.2) is 42.5 Å². The molecule has 1 unspecified atom stereocenters. The molecule has 4 rings (SSSR count). The second-order valence-corrected chi connectivity index (χ2v) is 7.86. The summed E-state index contributed by atoms with van der Waals surface area (Å²) in [5.41, 5.74) is 2.73. The van der Waals surface area contributed by atoms with Gasteiger partial charge in [0.2, 0.25) is 17.7 Å². The van der Waals surface area contributed by atoms with Crippen molar-refractivity contribution in [1.82, 2.24) is 10.2 Å². The van der Waals surface area contributed by atoms with Gasteiger partial charge < -0.3 is 15.0 Å². The van der Waals surface area contributed by atoms with Crippen LogP contribution in [0.4, 0.5) is 5.69 Å². The SMILES string of the molecule is CCOc1cccc(CCC(=O)Nc2cccc3c2CN(C2CCC(=O)NC2=O)C3=O)c1. The van der Waals surface area contributed by atoms with Gasteiger partial charge in [0.25, 0.3) is 5.91 Å². The molecule has 4 amide bonds. The number of hydrogen-bond donors (Lipinski definition) is 2. The third-order valence-electron chi connectivity index (χ3n) is 5.71. The van der Waals surface area contributed by atoms with Gasteiger partial charge in [0, 0.05) is 36.2 Å². The predicted octanol–water partition coefficient (Wildman–Crippen LogP) is 2.42. The van der Waals surface area contributed by atoms with E-state index in [1.54, 1.807) is 18.2 Å². The topological polar surface area (TPSA) is 105 Å². The monoisotopic (exact) mass is 435 g/mol. The molecule has 166 valence electrons. The molecule has 0 radical (unpaired) electrons. The summed E-state index contributed by atoms with van der Waals surface area (Å²) in [4.78, 5) is 50.6. The van der Waals surface area contributed by atoms with Crippen molar-refractivity contribution in [2.45, 2.75) is 45.2 Å². The van der Waals surface area contributed by atoms with Gasteiger partial charge in [0.05, 0.1) is 6.61 Å². The number of benzene rings is 2. The molecule has 0 spiro atoms. The molecule has 2 aromatic rings. The number of carbonyl (C=O) groups excluding carboxylic acids is 4. The molecule has 0 aliphatic carbocycles. The Morgan fingerprint density at radius 2 is 2.00 bits per heavy atom. The lowest BCUT2D eigenvalue weighted by Gasteiger charge is -2.29. The number of imide groups is 1. The number of anilines is 1. The zero-order valence-electron chi connectivity index (χ0n) is 17.8. The summed E-state index contributed by atoms with van der Waals surface area (Å²) in [5, 5.41) is 5.20. The van der Waals surface area contributed by atoms with Crippen LogP contribution in [0.5, 0.6) is 5.75 Å². The van der Waals surface area contributed by atoms with E-state index in [2.05, 4.69) is 10.6 Å². The Morgan fingerprint density at radius 3 is 2.78 bits per heavy atom. The summed E-state index contributed by atoms with van der Waals surface area (Å²) < 4.78 is 5.50. The molecule has 2 N–H and O–H groups in total. The van der Waals surface area contributed by atoms with E-state index in [-0.39, 0.29) is 37.1 Å². The summed E-state index contributed by atoms with van der Waals surface area (Å²) in [6, 6.07) is 12.1. The second-order valence-electron chi connectivity index (χ2n) is 7.86. The highest BCUT2D eigenvalue weighted by atomic mass is 16.5. The molecule has 1 atom stereocenters. The minimum Gasteiger partial charge on any atom is -0.494 e. The zero-order valence-corrected chi connectivity index (χ0v) is 17.8. The minimum absolute atomic E-state index is 0.160. The van der Waals surface area contributed by atoms with E-state index in [0.717, 1.165) is 11.3 Å². The van der Waals surface area contributed by atoms with E-state index in [0.29, 0.717) is 36.3 Å². The summed E-state index contributed by atoms with van der Waals surface area (Å²) in [5.74, 6) is -0.429. The average Bonchev–Trinajstić information content (AvgIpc) is 3.10. The van der Waals surface area contributed by atoms with Crippen molar-refractivity contribution in [2.24, 2.45) is 0 Å². The molecular weight excluding hydrogens is 410 g/mol. The van der Waals surface area contributed by atoms with Crippen LogP contribution in [0.1, 0.15) is 47.7 Å². The Labute approximate surface area is 185 Å². The molecule has 2 aliphatic heterocycles. The predicted molar refractivity (Wildman–Crippen MR) is 117 cm³/mol. The van der Waals surface area contributed by atoms with Crippen LogP contribution in [0.25, 0.3) is 0 Å². The lowest BCUT2D eigenvalue weighted by molar-refractivity contribution is -0.137. The third-order valence-corrected chi connectivity index (χ3v) is 5.71. The Bertz CT molecular complexity index is 1080. The number of fused-ring (bicyclic) bond motifs is 1. The van der Waals surface area contributed by atoms with E-state index in [1.807, 2.05) is 31.2 Å². The summed E-state index contributed by atoms with van der Waals surface area (Å²) in [6.45, 7) is 2.72. The first-order valence-electron chi connectivity index (χ1n) is 10.7. The van der Waals surface area contributed by atoms with E-state index in [9.17, 15) is 19.2 Å². The lowest BCUT2D eigenvalue weighted by Crippen LogP contribution is -2.52. The first-order valence-corrected chi connectivity index (χ1v) is 10.7. The van der Waals surface area contributed by atoms with Crippen molar-refractivity contribution in [3.05, 3.63) is 59.2 Å². The van der Waals surface area contributed by atoms with E-state index in [1.165, 1.54) is 4.90 Å². The van der Waals surface area contributed by atoms with Crippen LogP contribution < -0.4 is 15.4 Å². The first-order chi connectivity index (χ1) is 15.5. The van der Waals surface area contributed by atoms with Crippen molar-refractivity contribution in [3.8, 4) is 5.75 Å². The molecular formula is C24H25N3O5. The molecule has 0 saturated carbocycles. The van der Waals surface area contributed by atoms with Crippen molar-refractivity contribution in [1.29, 1.82) is 0 Å². The van der Waals surface area contributed by atoms with E-state index >= 15 is 0 Å². The number of ether oxygens (including phenoxy) is 1. The van der Waals surface area contributed by atoms with Gasteiger partial charge in [0.15, 0.2) is 0 Å². The normalized spacial score (nSPS) is 17.7. The fourth-order valence-corrected chi connectivity index (χ4v) is 4.13. The highest BCUT2D eigenvalue weighted by Gasteiger charge is 2.39. The van der Waals surface area contributed by atoms with E-state index < -0.39 is 11.9 Å². The zero-order chi connectivity index (χ0) is 22.7. The van der Waals surface area contributed by atoms with Crippen molar-refractivity contribution in [3.63, 3.8) is 0 Å². The van der Waals surface area contributed by atoms with Crippen molar-refractivity contribution >= 4 is 29.3 Å². The van der Waals surface area contributed by atoms with Gasteiger partial charge in [0.1, 0.15) is 11.8 Å². The van der Waals surface area contributed by atoms with Gasteiger partial charge in [-0.05, 0) is 49.6 Å². The number of carbonyl (C=O) groups is 4. The number of hydrogen-bond acceptors (Lipinski definition) is 5. The van der Waals surface area contributed by atoms with E-state index in [4.69, 9.17) is 4.74 Å². The molecule has 2 heterocycles. The van der Waals surface area contributed by atoms with Crippen molar-refractivity contribution < 1.29 is 23.9 Å². The van der Waals surface area contributed by atoms with Gasteiger partial charge in [-0.15, -0.1) is 0 Å². The highest BCUT2D eigenvalue weighted by Crippen LogP contribution is 2.32. The number of nitrogens with zero attached hydrogens (tertiary/aromatic N) is 1. The molecule has 2 aliphatic rings. The van der Waals surface area contributed by atoms with Crippen LogP contribution in [-0.4, -0.2) is 41.2 Å². The number of amides is 4. The van der Waals surface area contributed by atoms with Gasteiger partial charge in [-0.3, -0.25) is 24.5 Å². The smallest absolute Gasteiger partial charge is 0.255 e. The maximum absolute atomic E-state index is 12.9. The van der Waals surface area contributed by atoms with Crippen LogP contribution in [-0.2, 0) is 27.3 Å². The molecule has 1 fully saturated rings. The van der Waals surface area contributed by atoms with Gasteiger partial charge in [-0.2, -0.15) is 0 Å². The van der Waals surface area contributed by atoms with Crippen LogP contribution in [0.3, 0.4) is 0 Å². The van der Waals surface area contributed by atoms with Crippen molar-refractivity contribution in [2.75, 3.05) is 11.9 Å². The van der Waals surface area contributed by atoms with Crippen LogP contribution in [0.2, 0.25) is 0 Å². The van der Waals surface area contributed by atoms with Gasteiger partial charge in [-0.25, -0.2) is 0 Å². The largest absolute Gasteiger partial charge is 0.494 e. The Hall–Kier alpha value is -3.68. The van der Waals surface area contributed by atoms with Gasteiger partial charge in [-0.1, -0.05) is 18.2 Å². The minimum atomic E-state index is -0.686. The molecule has 0 aromatic heterocycles. The average molecular weight is 435 g/mol. The van der Waals surface area contributed by atoms with Crippen LogP contribution >= 0.6 is 0 Å². The number of aryl methyl sites for hydroxylation is 1. The number of nitrogens with one attached hydrogen (secondary N) is 2.